The van der Waals surface area contributed by atoms with Crippen LogP contribution in [0.25, 0.3) is 0 Å². The molecule has 0 aliphatic carbocycles. The third-order valence-electron chi connectivity index (χ3n) is 1.81. The second-order valence-corrected chi connectivity index (χ2v) is 2.78. The van der Waals surface area contributed by atoms with E-state index in [4.69, 9.17) is 0 Å². The van der Waals surface area contributed by atoms with Gasteiger partial charge >= 0.3 is 0 Å². The molecule has 64 valence electrons. The molecule has 0 amide bonds. The van der Waals surface area contributed by atoms with E-state index in [-0.39, 0.29) is 0 Å². The summed E-state index contributed by atoms with van der Waals surface area (Å²) in [5.74, 6) is 0. The van der Waals surface area contributed by atoms with Gasteiger partial charge in [-0.2, -0.15) is 0 Å². The van der Waals surface area contributed by atoms with E-state index in [0.29, 0.717) is 6.42 Å². The van der Waals surface area contributed by atoms with Crippen LogP contribution in [0.1, 0.15) is 12.0 Å². The Balaban J connectivity index is 2.38. The Morgan fingerprint density at radius 2 is 2.00 bits per heavy atom. The Kier molecular flexibility index (Phi) is 3.52. The third kappa shape index (κ3) is 2.87. The van der Waals surface area contributed by atoms with Gasteiger partial charge in [-0.1, -0.05) is 36.4 Å². The zero-order chi connectivity index (χ0) is 8.81. The minimum absolute atomic E-state index is 0.535. The van der Waals surface area contributed by atoms with Gasteiger partial charge in [0.05, 0.1) is 0 Å². The molecule has 0 spiro atoms. The zero-order valence-corrected chi connectivity index (χ0v) is 7.04. The van der Waals surface area contributed by atoms with E-state index in [9.17, 15) is 4.39 Å². The summed E-state index contributed by atoms with van der Waals surface area (Å²) in [5, 5.41) is 0. The Hall–Kier alpha value is -1.11. The first kappa shape index (κ1) is 8.98. The minimum atomic E-state index is -0.870. The predicted octanol–water partition coefficient (Wildman–Crippen LogP) is 3.14. The molecule has 1 heteroatoms. The van der Waals surface area contributed by atoms with Gasteiger partial charge in [0, 0.05) is 0 Å². The van der Waals surface area contributed by atoms with Crippen LogP contribution in [0.2, 0.25) is 0 Å². The summed E-state index contributed by atoms with van der Waals surface area (Å²) in [4.78, 5) is 0. The summed E-state index contributed by atoms with van der Waals surface area (Å²) < 4.78 is 12.7. The number of allylic oxidation sites excluding steroid dienone is 1. The number of hydrogen-bond donors (Lipinski definition) is 0. The van der Waals surface area contributed by atoms with Crippen LogP contribution in [0.3, 0.4) is 0 Å². The van der Waals surface area contributed by atoms with Gasteiger partial charge in [0.2, 0.25) is 0 Å². The monoisotopic (exact) mass is 164 g/mol. The number of alkyl halides is 1. The molecule has 0 aromatic heterocycles. The molecule has 1 rings (SSSR count). The van der Waals surface area contributed by atoms with E-state index < -0.39 is 6.17 Å². The molecule has 0 bridgehead atoms. The number of hydrogen-bond acceptors (Lipinski definition) is 0. The maximum absolute atomic E-state index is 12.7. The smallest absolute Gasteiger partial charge is 0.118 e. The van der Waals surface area contributed by atoms with E-state index in [1.54, 1.807) is 0 Å². The molecule has 1 aromatic rings. The van der Waals surface area contributed by atoms with Crippen LogP contribution in [0.4, 0.5) is 4.39 Å². The van der Waals surface area contributed by atoms with Crippen molar-refractivity contribution < 1.29 is 4.39 Å². The van der Waals surface area contributed by atoms with Gasteiger partial charge in [-0.15, -0.1) is 6.58 Å². The first-order valence-corrected chi connectivity index (χ1v) is 4.13. The van der Waals surface area contributed by atoms with Crippen molar-refractivity contribution in [2.75, 3.05) is 0 Å². The quantitative estimate of drug-likeness (QED) is 0.600. The van der Waals surface area contributed by atoms with Crippen LogP contribution in [-0.2, 0) is 6.42 Å². The van der Waals surface area contributed by atoms with Crippen LogP contribution in [0.15, 0.2) is 43.0 Å². The van der Waals surface area contributed by atoms with E-state index >= 15 is 0 Å². The fourth-order valence-electron chi connectivity index (χ4n) is 1.07. The van der Waals surface area contributed by atoms with Crippen molar-refractivity contribution in [3.63, 3.8) is 0 Å². The molecule has 0 N–H and O–H groups in total. The van der Waals surface area contributed by atoms with Crippen LogP contribution in [0, 0.1) is 0 Å². The lowest BCUT2D eigenvalue weighted by Crippen LogP contribution is -1.96. The van der Waals surface area contributed by atoms with Gasteiger partial charge in [0.25, 0.3) is 0 Å². The molecule has 12 heavy (non-hydrogen) atoms. The number of rotatable bonds is 4. The van der Waals surface area contributed by atoms with Crippen molar-refractivity contribution in [3.05, 3.63) is 48.6 Å². The molecule has 0 aliphatic heterocycles. The average Bonchev–Trinajstić information content (AvgIpc) is 2.16. The second kappa shape index (κ2) is 4.70. The van der Waals surface area contributed by atoms with Crippen molar-refractivity contribution in [1.29, 1.82) is 0 Å². The molecular formula is C11H13F. The van der Waals surface area contributed by atoms with Crippen molar-refractivity contribution in [1.82, 2.24) is 0 Å². The highest BCUT2D eigenvalue weighted by Gasteiger charge is 1.99. The minimum Gasteiger partial charge on any atom is -0.243 e. The SMILES string of the molecule is C=C[C@H](F)CCc1ccccc1. The fraction of sp³-hybridized carbons (Fsp3) is 0.273. The first-order valence-electron chi connectivity index (χ1n) is 4.13. The average molecular weight is 164 g/mol. The molecule has 0 fully saturated rings. The molecule has 0 radical (unpaired) electrons. The summed E-state index contributed by atoms with van der Waals surface area (Å²) in [6.07, 6.45) is 1.80. The number of aryl methyl sites for hydroxylation is 1. The van der Waals surface area contributed by atoms with Gasteiger partial charge in [-0.3, -0.25) is 0 Å². The topological polar surface area (TPSA) is 0 Å². The Morgan fingerprint density at radius 3 is 2.58 bits per heavy atom. The lowest BCUT2D eigenvalue weighted by atomic mass is 10.1. The van der Waals surface area contributed by atoms with Crippen molar-refractivity contribution in [2.45, 2.75) is 19.0 Å². The van der Waals surface area contributed by atoms with Gasteiger partial charge in [0.1, 0.15) is 6.17 Å². The van der Waals surface area contributed by atoms with Crippen LogP contribution in [0.5, 0.6) is 0 Å². The summed E-state index contributed by atoms with van der Waals surface area (Å²) in [5.41, 5.74) is 1.18. The van der Waals surface area contributed by atoms with Crippen LogP contribution in [-0.4, -0.2) is 6.17 Å². The Labute approximate surface area is 72.7 Å². The summed E-state index contributed by atoms with van der Waals surface area (Å²) in [7, 11) is 0. The fourth-order valence-corrected chi connectivity index (χ4v) is 1.07. The second-order valence-electron chi connectivity index (χ2n) is 2.78. The van der Waals surface area contributed by atoms with Gasteiger partial charge < -0.3 is 0 Å². The summed E-state index contributed by atoms with van der Waals surface area (Å²) >= 11 is 0. The Morgan fingerprint density at radius 1 is 1.33 bits per heavy atom. The maximum atomic E-state index is 12.7. The molecule has 1 aromatic carbocycles. The molecule has 0 nitrogen and oxygen atoms in total. The van der Waals surface area contributed by atoms with Crippen molar-refractivity contribution >= 4 is 0 Å². The van der Waals surface area contributed by atoms with Crippen molar-refractivity contribution in [2.24, 2.45) is 0 Å². The van der Waals surface area contributed by atoms with Crippen molar-refractivity contribution in [3.8, 4) is 0 Å². The molecule has 0 unspecified atom stereocenters. The highest BCUT2D eigenvalue weighted by atomic mass is 19.1. The lowest BCUT2D eigenvalue weighted by Gasteiger charge is -2.01. The molecular weight excluding hydrogens is 151 g/mol. The van der Waals surface area contributed by atoms with Gasteiger partial charge in [-0.25, -0.2) is 4.39 Å². The molecule has 0 heterocycles. The highest BCUT2D eigenvalue weighted by Crippen LogP contribution is 2.07. The highest BCUT2D eigenvalue weighted by molar-refractivity contribution is 5.14. The predicted molar refractivity (Wildman–Crippen MR) is 49.9 cm³/mol. The normalized spacial score (nSPS) is 12.4. The number of halogens is 1. The zero-order valence-electron chi connectivity index (χ0n) is 7.04. The lowest BCUT2D eigenvalue weighted by molar-refractivity contribution is 0.379. The van der Waals surface area contributed by atoms with Gasteiger partial charge in [0.15, 0.2) is 0 Å². The Bertz CT molecular complexity index is 228. The standard InChI is InChI=1S/C11H13F/c1-2-11(12)9-8-10-6-4-3-5-7-10/h2-7,11H,1,8-9H2/t11-/m0/s1. The molecule has 0 aliphatic rings. The third-order valence-corrected chi connectivity index (χ3v) is 1.81. The summed E-state index contributed by atoms with van der Waals surface area (Å²) in [6.45, 7) is 3.40. The molecule has 1 atom stereocenters. The van der Waals surface area contributed by atoms with E-state index in [1.807, 2.05) is 30.3 Å². The molecule has 0 saturated carbocycles. The van der Waals surface area contributed by atoms with Crippen LogP contribution < -0.4 is 0 Å². The maximum Gasteiger partial charge on any atom is 0.118 e. The largest absolute Gasteiger partial charge is 0.243 e. The number of benzene rings is 1. The van der Waals surface area contributed by atoms with E-state index in [2.05, 4.69) is 6.58 Å². The first-order chi connectivity index (χ1) is 5.83. The van der Waals surface area contributed by atoms with E-state index in [0.717, 1.165) is 6.42 Å². The van der Waals surface area contributed by atoms with Gasteiger partial charge in [-0.05, 0) is 18.4 Å². The summed E-state index contributed by atoms with van der Waals surface area (Å²) in [6, 6.07) is 9.92. The van der Waals surface area contributed by atoms with E-state index in [1.165, 1.54) is 11.6 Å². The molecule has 0 saturated heterocycles. The van der Waals surface area contributed by atoms with Crippen LogP contribution >= 0.6 is 0 Å².